The number of aryl methyl sites for hydroxylation is 2. The number of urea groups is 1. The van der Waals surface area contributed by atoms with Crippen molar-refractivity contribution in [2.75, 3.05) is 18.4 Å². The fourth-order valence-corrected chi connectivity index (χ4v) is 2.31. The van der Waals surface area contributed by atoms with E-state index in [1.165, 1.54) is 0 Å². The van der Waals surface area contributed by atoms with Crippen LogP contribution >= 0.6 is 0 Å². The zero-order chi connectivity index (χ0) is 17.4. The van der Waals surface area contributed by atoms with Gasteiger partial charge in [0.25, 0.3) is 5.56 Å². The van der Waals surface area contributed by atoms with Gasteiger partial charge in [0.05, 0.1) is 6.54 Å². The van der Waals surface area contributed by atoms with Crippen LogP contribution in [-0.4, -0.2) is 29.1 Å². The van der Waals surface area contributed by atoms with Gasteiger partial charge in [-0.25, -0.2) is 9.78 Å². The lowest BCUT2D eigenvalue weighted by Gasteiger charge is -2.10. The second-order valence-corrected chi connectivity index (χ2v) is 5.55. The molecule has 0 aliphatic heterocycles. The van der Waals surface area contributed by atoms with E-state index in [-0.39, 0.29) is 18.1 Å². The van der Waals surface area contributed by atoms with E-state index in [0.717, 1.165) is 23.5 Å². The van der Waals surface area contributed by atoms with Crippen LogP contribution in [0.4, 0.5) is 10.6 Å². The largest absolute Gasteiger partial charge is 0.370 e. The number of hydrogen-bond acceptors (Lipinski definition) is 4. The van der Waals surface area contributed by atoms with Crippen molar-refractivity contribution in [3.8, 4) is 0 Å². The predicted octanol–water partition coefficient (Wildman–Crippen LogP) is 1.69. The number of aromatic amines is 1. The molecule has 0 aromatic carbocycles. The van der Waals surface area contributed by atoms with Gasteiger partial charge in [0, 0.05) is 30.5 Å². The van der Waals surface area contributed by atoms with E-state index in [9.17, 15) is 9.59 Å². The fraction of sp³-hybridized carbons (Fsp3) is 0.353. The third-order valence-corrected chi connectivity index (χ3v) is 3.53. The minimum Gasteiger partial charge on any atom is -0.370 e. The number of carbonyl (C=O) groups excluding carboxylic acids is 1. The van der Waals surface area contributed by atoms with Crippen LogP contribution < -0.4 is 21.5 Å². The number of hydrogen-bond donors (Lipinski definition) is 4. The number of anilines is 1. The van der Waals surface area contributed by atoms with Crippen molar-refractivity contribution < 1.29 is 4.79 Å². The second kappa shape index (κ2) is 8.71. The highest BCUT2D eigenvalue weighted by Gasteiger charge is 2.07. The third kappa shape index (κ3) is 5.42. The SMILES string of the molecule is Cc1cc(C)c(CNC(=O)NCCCNc2ccccn2)c(=O)[nH]1. The van der Waals surface area contributed by atoms with Crippen LogP contribution in [0.1, 0.15) is 23.2 Å². The lowest BCUT2D eigenvalue weighted by atomic mass is 10.1. The van der Waals surface area contributed by atoms with Crippen molar-refractivity contribution in [3.05, 3.63) is 57.6 Å². The number of rotatable bonds is 7. The molecule has 4 N–H and O–H groups in total. The number of nitrogens with zero attached hydrogens (tertiary/aromatic N) is 1. The molecule has 128 valence electrons. The molecule has 7 nitrogen and oxygen atoms in total. The van der Waals surface area contributed by atoms with Gasteiger partial charge in [-0.15, -0.1) is 0 Å². The summed E-state index contributed by atoms with van der Waals surface area (Å²) in [4.78, 5) is 30.5. The first-order valence-electron chi connectivity index (χ1n) is 7.92. The molecule has 0 spiro atoms. The molecular weight excluding hydrogens is 306 g/mol. The number of carbonyl (C=O) groups is 1. The first kappa shape index (κ1) is 17.5. The van der Waals surface area contributed by atoms with Gasteiger partial charge in [-0.05, 0) is 44.0 Å². The molecule has 0 bridgehead atoms. The summed E-state index contributed by atoms with van der Waals surface area (Å²) >= 11 is 0. The zero-order valence-electron chi connectivity index (χ0n) is 14.0. The average Bonchev–Trinajstić information content (AvgIpc) is 2.54. The molecule has 0 aliphatic rings. The topological polar surface area (TPSA) is 98.9 Å². The first-order valence-corrected chi connectivity index (χ1v) is 7.92. The van der Waals surface area contributed by atoms with E-state index in [4.69, 9.17) is 0 Å². The lowest BCUT2D eigenvalue weighted by molar-refractivity contribution is 0.240. The van der Waals surface area contributed by atoms with Gasteiger partial charge in [0.15, 0.2) is 0 Å². The monoisotopic (exact) mass is 329 g/mol. The van der Waals surface area contributed by atoms with Crippen LogP contribution in [0, 0.1) is 13.8 Å². The molecule has 0 aliphatic carbocycles. The average molecular weight is 329 g/mol. The zero-order valence-corrected chi connectivity index (χ0v) is 14.0. The van der Waals surface area contributed by atoms with Gasteiger partial charge in [-0.1, -0.05) is 6.07 Å². The number of aromatic nitrogens is 2. The summed E-state index contributed by atoms with van der Waals surface area (Å²) in [5, 5.41) is 8.64. The van der Waals surface area contributed by atoms with Crippen molar-refractivity contribution >= 4 is 11.8 Å². The quantitative estimate of drug-likeness (QED) is 0.581. The number of H-pyrrole nitrogens is 1. The maximum Gasteiger partial charge on any atom is 0.315 e. The molecule has 0 fully saturated rings. The highest BCUT2D eigenvalue weighted by atomic mass is 16.2. The van der Waals surface area contributed by atoms with Crippen LogP contribution in [-0.2, 0) is 6.54 Å². The van der Waals surface area contributed by atoms with E-state index in [1.807, 2.05) is 38.1 Å². The lowest BCUT2D eigenvalue weighted by Crippen LogP contribution is -2.37. The summed E-state index contributed by atoms with van der Waals surface area (Å²) in [6, 6.07) is 7.27. The van der Waals surface area contributed by atoms with E-state index >= 15 is 0 Å². The van der Waals surface area contributed by atoms with Gasteiger partial charge in [-0.3, -0.25) is 4.79 Å². The summed E-state index contributed by atoms with van der Waals surface area (Å²) in [5.41, 5.74) is 2.10. The van der Waals surface area contributed by atoms with Gasteiger partial charge >= 0.3 is 6.03 Å². The van der Waals surface area contributed by atoms with Crippen LogP contribution in [0.25, 0.3) is 0 Å². The molecule has 0 atom stereocenters. The first-order chi connectivity index (χ1) is 11.6. The molecule has 2 aromatic rings. The van der Waals surface area contributed by atoms with Gasteiger partial charge in [0.1, 0.15) is 5.82 Å². The van der Waals surface area contributed by atoms with Gasteiger partial charge in [-0.2, -0.15) is 0 Å². The maximum atomic E-state index is 11.9. The van der Waals surface area contributed by atoms with E-state index in [2.05, 4.69) is 25.9 Å². The smallest absolute Gasteiger partial charge is 0.315 e. The Kier molecular flexibility index (Phi) is 6.36. The Bertz CT molecular complexity index is 728. The van der Waals surface area contributed by atoms with E-state index in [1.54, 1.807) is 6.20 Å². The van der Waals surface area contributed by atoms with Crippen molar-refractivity contribution in [1.29, 1.82) is 0 Å². The third-order valence-electron chi connectivity index (χ3n) is 3.53. The highest BCUT2D eigenvalue weighted by molar-refractivity contribution is 5.73. The number of pyridine rings is 2. The van der Waals surface area contributed by atoms with E-state index in [0.29, 0.717) is 18.7 Å². The second-order valence-electron chi connectivity index (χ2n) is 5.55. The molecule has 0 saturated carbocycles. The Labute approximate surface area is 140 Å². The summed E-state index contributed by atoms with van der Waals surface area (Å²) < 4.78 is 0. The molecule has 7 heteroatoms. The minimum absolute atomic E-state index is 0.160. The van der Waals surface area contributed by atoms with Gasteiger partial charge < -0.3 is 20.9 Å². The summed E-state index contributed by atoms with van der Waals surface area (Å²) in [7, 11) is 0. The van der Waals surface area contributed by atoms with Crippen LogP contribution in [0.15, 0.2) is 35.3 Å². The molecule has 0 saturated heterocycles. The van der Waals surface area contributed by atoms with E-state index < -0.39 is 0 Å². The van der Waals surface area contributed by atoms with Crippen molar-refractivity contribution in [3.63, 3.8) is 0 Å². The normalized spacial score (nSPS) is 10.2. The Morgan fingerprint density at radius 2 is 2.04 bits per heavy atom. The highest BCUT2D eigenvalue weighted by Crippen LogP contribution is 2.03. The molecule has 24 heavy (non-hydrogen) atoms. The number of nitrogens with one attached hydrogen (secondary N) is 4. The summed E-state index contributed by atoms with van der Waals surface area (Å²) in [6.45, 7) is 5.15. The van der Waals surface area contributed by atoms with Crippen molar-refractivity contribution in [1.82, 2.24) is 20.6 Å². The fourth-order valence-electron chi connectivity index (χ4n) is 2.31. The van der Waals surface area contributed by atoms with Crippen LogP contribution in [0.5, 0.6) is 0 Å². The van der Waals surface area contributed by atoms with Gasteiger partial charge in [0.2, 0.25) is 0 Å². The minimum atomic E-state index is -0.285. The van der Waals surface area contributed by atoms with Crippen molar-refractivity contribution in [2.45, 2.75) is 26.8 Å². The van der Waals surface area contributed by atoms with Crippen LogP contribution in [0.2, 0.25) is 0 Å². The molecule has 0 unspecified atom stereocenters. The Morgan fingerprint density at radius 3 is 2.75 bits per heavy atom. The molecule has 2 heterocycles. The Morgan fingerprint density at radius 1 is 1.21 bits per heavy atom. The summed E-state index contributed by atoms with van der Waals surface area (Å²) in [6.07, 6.45) is 2.50. The molecular formula is C17H23N5O2. The predicted molar refractivity (Wildman–Crippen MR) is 94.1 cm³/mol. The molecule has 0 radical (unpaired) electrons. The Hall–Kier alpha value is -2.83. The molecule has 2 amide bonds. The number of amides is 2. The molecule has 2 aromatic heterocycles. The Balaban J connectivity index is 1.66. The maximum absolute atomic E-state index is 11.9. The van der Waals surface area contributed by atoms with Crippen LogP contribution in [0.3, 0.4) is 0 Å². The molecule has 2 rings (SSSR count). The van der Waals surface area contributed by atoms with Crippen molar-refractivity contribution in [2.24, 2.45) is 0 Å². The summed E-state index contributed by atoms with van der Waals surface area (Å²) in [5.74, 6) is 0.816. The standard InChI is InChI=1S/C17H23N5O2/c1-12-10-13(2)22-16(23)14(12)11-21-17(24)20-9-5-8-19-15-6-3-4-7-18-15/h3-4,6-7,10H,5,8-9,11H2,1-2H3,(H,18,19)(H,22,23)(H2,20,21,24).